The molecule has 2 saturated heterocycles. The zero-order valence-electron chi connectivity index (χ0n) is 19.9. The van der Waals surface area contributed by atoms with Gasteiger partial charge < -0.3 is 14.4 Å². The van der Waals surface area contributed by atoms with Crippen LogP contribution in [0.4, 0.5) is 5.69 Å². The van der Waals surface area contributed by atoms with E-state index in [9.17, 15) is 4.79 Å². The van der Waals surface area contributed by atoms with E-state index in [-0.39, 0.29) is 23.4 Å². The van der Waals surface area contributed by atoms with Crippen molar-refractivity contribution in [1.29, 1.82) is 0 Å². The highest BCUT2D eigenvalue weighted by Crippen LogP contribution is 2.57. The Labute approximate surface area is 192 Å². The van der Waals surface area contributed by atoms with Gasteiger partial charge in [0, 0.05) is 43.8 Å². The van der Waals surface area contributed by atoms with Gasteiger partial charge in [0.05, 0.1) is 13.0 Å². The number of methoxy groups -OCH3 is 1. The lowest BCUT2D eigenvalue weighted by Crippen LogP contribution is -2.54. The molecule has 1 aromatic carbocycles. The molecule has 0 bridgehead atoms. The largest absolute Gasteiger partial charge is 0.497 e. The van der Waals surface area contributed by atoms with E-state index in [2.05, 4.69) is 42.4 Å². The van der Waals surface area contributed by atoms with Crippen LogP contribution < -0.4 is 9.64 Å². The summed E-state index contributed by atoms with van der Waals surface area (Å²) in [4.78, 5) is 17.9. The van der Waals surface area contributed by atoms with E-state index >= 15 is 0 Å². The third kappa shape index (κ3) is 3.83. The SMILES string of the molecule is C=C1CCC[C@]2(C)C[C@H]3OC(=O)[C@H](CN4CCN(c5ccc(OC)cc5)[C@H](C)C4)[C@H]3C[C@@H]12. The number of anilines is 1. The molecule has 2 aliphatic heterocycles. The molecule has 6 atom stereocenters. The minimum absolute atomic E-state index is 0.0130. The smallest absolute Gasteiger partial charge is 0.310 e. The fraction of sp³-hybridized carbons (Fsp3) is 0.667. The number of allylic oxidation sites excluding steroid dienone is 1. The summed E-state index contributed by atoms with van der Waals surface area (Å²) in [5.41, 5.74) is 2.92. The maximum absolute atomic E-state index is 12.9. The number of hydrogen-bond donors (Lipinski definition) is 0. The number of hydrogen-bond acceptors (Lipinski definition) is 5. The summed E-state index contributed by atoms with van der Waals surface area (Å²) in [6.07, 6.45) is 5.84. The lowest BCUT2D eigenvalue weighted by atomic mass is 9.55. The normalized spacial score (nSPS) is 37.6. The van der Waals surface area contributed by atoms with Gasteiger partial charge in [0.15, 0.2) is 0 Å². The van der Waals surface area contributed by atoms with E-state index in [1.165, 1.54) is 24.1 Å². The summed E-state index contributed by atoms with van der Waals surface area (Å²) in [6.45, 7) is 12.9. The van der Waals surface area contributed by atoms with Crippen LogP contribution in [-0.2, 0) is 9.53 Å². The van der Waals surface area contributed by atoms with Gasteiger partial charge in [-0.15, -0.1) is 0 Å². The molecular formula is C27H38N2O3. The zero-order valence-corrected chi connectivity index (χ0v) is 19.9. The van der Waals surface area contributed by atoms with E-state index in [0.29, 0.717) is 17.9 Å². The van der Waals surface area contributed by atoms with Crippen molar-refractivity contribution in [2.24, 2.45) is 23.2 Å². The standard InChI is InChI=1S/C27H38N2O3/c1-18-6-5-11-27(3)15-25-22(14-24(18)27)23(26(30)32-25)17-28-12-13-29(19(2)16-28)20-7-9-21(31-4)10-8-20/h7-10,19,22-25H,1,5-6,11-17H2,2-4H3/t19-,22-,23-,24+,25-,27-/m1/s1. The molecule has 0 aromatic heterocycles. The fourth-order valence-electron chi connectivity index (χ4n) is 7.10. The summed E-state index contributed by atoms with van der Waals surface area (Å²) in [5, 5.41) is 0. The van der Waals surface area contributed by atoms with E-state index in [1.807, 2.05) is 12.1 Å². The zero-order chi connectivity index (χ0) is 22.5. The number of piperazine rings is 1. The van der Waals surface area contributed by atoms with Crippen LogP contribution >= 0.6 is 0 Å². The Bertz CT molecular complexity index is 868. The van der Waals surface area contributed by atoms with E-state index in [4.69, 9.17) is 9.47 Å². The van der Waals surface area contributed by atoms with Crippen LogP contribution in [0.15, 0.2) is 36.4 Å². The van der Waals surface area contributed by atoms with Crippen molar-refractivity contribution in [3.05, 3.63) is 36.4 Å². The van der Waals surface area contributed by atoms with Gasteiger partial charge in [-0.2, -0.15) is 0 Å². The number of carbonyl (C=O) groups excluding carboxylic acids is 1. The summed E-state index contributed by atoms with van der Waals surface area (Å²) < 4.78 is 11.3. The van der Waals surface area contributed by atoms with Crippen LogP contribution in [-0.4, -0.2) is 56.3 Å². The first-order valence-electron chi connectivity index (χ1n) is 12.4. The van der Waals surface area contributed by atoms with Crippen molar-refractivity contribution in [2.75, 3.05) is 38.2 Å². The Morgan fingerprint density at radius 1 is 1.25 bits per heavy atom. The van der Waals surface area contributed by atoms with Gasteiger partial charge >= 0.3 is 5.97 Å². The molecule has 0 amide bonds. The predicted octanol–water partition coefficient (Wildman–Crippen LogP) is 4.52. The average molecular weight is 439 g/mol. The number of esters is 1. The maximum Gasteiger partial charge on any atom is 0.310 e. The highest BCUT2D eigenvalue weighted by atomic mass is 16.6. The molecule has 0 N–H and O–H groups in total. The lowest BCUT2D eigenvalue weighted by Gasteiger charge is -2.50. The quantitative estimate of drug-likeness (QED) is 0.511. The van der Waals surface area contributed by atoms with Crippen molar-refractivity contribution in [1.82, 2.24) is 4.90 Å². The Morgan fingerprint density at radius 2 is 2.03 bits per heavy atom. The van der Waals surface area contributed by atoms with Gasteiger partial charge in [0.2, 0.25) is 0 Å². The summed E-state index contributed by atoms with van der Waals surface area (Å²) in [7, 11) is 1.70. The second-order valence-corrected chi connectivity index (χ2v) is 10.9. The third-order valence-electron chi connectivity index (χ3n) is 8.89. The van der Waals surface area contributed by atoms with Crippen LogP contribution in [0.5, 0.6) is 5.75 Å². The Balaban J connectivity index is 1.24. The van der Waals surface area contributed by atoms with Crippen LogP contribution in [0.1, 0.15) is 46.0 Å². The molecule has 0 radical (unpaired) electrons. The van der Waals surface area contributed by atoms with Gasteiger partial charge in [0.25, 0.3) is 0 Å². The van der Waals surface area contributed by atoms with E-state index < -0.39 is 0 Å². The lowest BCUT2D eigenvalue weighted by molar-refractivity contribution is -0.146. The summed E-state index contributed by atoms with van der Waals surface area (Å²) >= 11 is 0. The van der Waals surface area contributed by atoms with Gasteiger partial charge in [0.1, 0.15) is 11.9 Å². The second-order valence-electron chi connectivity index (χ2n) is 10.9. The molecule has 4 aliphatic rings. The predicted molar refractivity (Wildman–Crippen MR) is 127 cm³/mol. The highest BCUT2D eigenvalue weighted by Gasteiger charge is 2.55. The monoisotopic (exact) mass is 438 g/mol. The first-order chi connectivity index (χ1) is 15.4. The first-order valence-corrected chi connectivity index (χ1v) is 12.4. The summed E-state index contributed by atoms with van der Waals surface area (Å²) in [6, 6.07) is 8.73. The highest BCUT2D eigenvalue weighted by molar-refractivity contribution is 5.75. The maximum atomic E-state index is 12.9. The molecule has 2 aliphatic carbocycles. The minimum Gasteiger partial charge on any atom is -0.497 e. The summed E-state index contributed by atoms with van der Waals surface area (Å²) in [5.74, 6) is 1.85. The van der Waals surface area contributed by atoms with Gasteiger partial charge in [-0.3, -0.25) is 9.69 Å². The fourth-order valence-corrected chi connectivity index (χ4v) is 7.10. The number of nitrogens with zero attached hydrogens (tertiary/aromatic N) is 2. The van der Waals surface area contributed by atoms with Crippen molar-refractivity contribution >= 4 is 11.7 Å². The van der Waals surface area contributed by atoms with Crippen LogP contribution in [0.3, 0.4) is 0 Å². The van der Waals surface area contributed by atoms with Crippen LogP contribution in [0.25, 0.3) is 0 Å². The third-order valence-corrected chi connectivity index (χ3v) is 8.89. The molecule has 2 saturated carbocycles. The van der Waals surface area contributed by atoms with E-state index in [1.54, 1.807) is 7.11 Å². The number of benzene rings is 1. The van der Waals surface area contributed by atoms with Crippen molar-refractivity contribution in [3.8, 4) is 5.75 Å². The molecular weight excluding hydrogens is 400 g/mol. The molecule has 5 heteroatoms. The van der Waals surface area contributed by atoms with Crippen LogP contribution in [0, 0.1) is 23.2 Å². The van der Waals surface area contributed by atoms with Crippen molar-refractivity contribution < 1.29 is 14.3 Å². The molecule has 174 valence electrons. The molecule has 0 spiro atoms. The Hall–Kier alpha value is -2.01. The first kappa shape index (κ1) is 21.8. The Kier molecular flexibility index (Phi) is 5.73. The Morgan fingerprint density at radius 3 is 2.75 bits per heavy atom. The molecule has 32 heavy (non-hydrogen) atoms. The van der Waals surface area contributed by atoms with Gasteiger partial charge in [-0.05, 0) is 74.6 Å². The van der Waals surface area contributed by atoms with Gasteiger partial charge in [-0.25, -0.2) is 0 Å². The molecule has 0 unspecified atom stereocenters. The number of ether oxygens (including phenoxy) is 2. The topological polar surface area (TPSA) is 42.0 Å². The number of fused-ring (bicyclic) bond motifs is 2. The van der Waals surface area contributed by atoms with Crippen molar-refractivity contribution in [2.45, 2.75) is 58.1 Å². The van der Waals surface area contributed by atoms with Crippen LogP contribution in [0.2, 0.25) is 0 Å². The van der Waals surface area contributed by atoms with E-state index in [0.717, 1.165) is 51.2 Å². The molecule has 5 rings (SSSR count). The minimum atomic E-state index is 0.0130. The number of rotatable bonds is 4. The molecule has 2 heterocycles. The average Bonchev–Trinajstić information content (AvgIpc) is 3.06. The molecule has 4 fully saturated rings. The van der Waals surface area contributed by atoms with Gasteiger partial charge in [-0.1, -0.05) is 19.1 Å². The molecule has 1 aromatic rings. The molecule has 5 nitrogen and oxygen atoms in total. The second kappa shape index (κ2) is 8.40. The van der Waals surface area contributed by atoms with Crippen molar-refractivity contribution in [3.63, 3.8) is 0 Å². The number of carbonyl (C=O) groups is 1.